The fourth-order valence-corrected chi connectivity index (χ4v) is 2.00. The van der Waals surface area contributed by atoms with E-state index in [0.29, 0.717) is 0 Å². The van der Waals surface area contributed by atoms with Crippen LogP contribution in [0.4, 0.5) is 5.69 Å². The summed E-state index contributed by atoms with van der Waals surface area (Å²) in [7, 11) is 1.07. The van der Waals surface area contributed by atoms with Crippen LogP contribution in [0.5, 0.6) is 0 Å². The molecule has 0 aliphatic heterocycles. The summed E-state index contributed by atoms with van der Waals surface area (Å²) in [6, 6.07) is 1.91. The summed E-state index contributed by atoms with van der Waals surface area (Å²) in [6.45, 7) is 0. The van der Waals surface area contributed by atoms with Crippen molar-refractivity contribution >= 4 is 35.2 Å². The van der Waals surface area contributed by atoms with Gasteiger partial charge in [0, 0.05) is 18.1 Å². The van der Waals surface area contributed by atoms with Crippen LogP contribution in [-0.2, 0) is 20.7 Å². The van der Waals surface area contributed by atoms with Crippen LogP contribution in [0.2, 0.25) is 5.02 Å². The Morgan fingerprint density at radius 1 is 1.32 bits per heavy atom. The minimum atomic E-state index is -1.90. The van der Waals surface area contributed by atoms with Crippen molar-refractivity contribution in [2.75, 3.05) is 7.11 Å². The van der Waals surface area contributed by atoms with E-state index in [0.717, 1.165) is 19.2 Å². The van der Waals surface area contributed by atoms with Gasteiger partial charge in [0.1, 0.15) is 0 Å². The average Bonchev–Trinajstić information content (AvgIpc) is 2.43. The Morgan fingerprint density at radius 2 is 1.86 bits per heavy atom. The molecule has 0 aliphatic rings. The maximum absolute atomic E-state index is 11.4. The van der Waals surface area contributed by atoms with Crippen LogP contribution in [0.15, 0.2) is 12.1 Å². The predicted molar refractivity (Wildman–Crippen MR) is 71.9 cm³/mol. The maximum Gasteiger partial charge on any atom is 0.338 e. The van der Waals surface area contributed by atoms with E-state index in [9.17, 15) is 24.5 Å². The second-order valence-corrected chi connectivity index (χ2v) is 4.54. The van der Waals surface area contributed by atoms with Crippen LogP contribution in [0, 0.1) is 16.0 Å². The number of benzene rings is 1. The van der Waals surface area contributed by atoms with Gasteiger partial charge in [0.25, 0.3) is 5.69 Å². The molecule has 22 heavy (non-hydrogen) atoms. The third kappa shape index (κ3) is 3.70. The van der Waals surface area contributed by atoms with Crippen molar-refractivity contribution in [2.24, 2.45) is 5.92 Å². The van der Waals surface area contributed by atoms with Gasteiger partial charge in [-0.1, -0.05) is 11.6 Å². The first-order valence-corrected chi connectivity index (χ1v) is 6.07. The molecular weight excluding hydrogens is 322 g/mol. The number of rotatable bonds is 6. The molecule has 1 rings (SSSR count). The molecule has 1 aromatic rings. The Bertz CT molecular complexity index is 643. The van der Waals surface area contributed by atoms with Gasteiger partial charge in [0.2, 0.25) is 0 Å². The molecule has 2 N–H and O–H groups in total. The maximum atomic E-state index is 11.4. The Kier molecular flexibility index (Phi) is 5.41. The number of carbonyl (C=O) groups is 3. The highest BCUT2D eigenvalue weighted by Gasteiger charge is 2.31. The lowest BCUT2D eigenvalue weighted by Crippen LogP contribution is -2.26. The number of ether oxygens (including phenoxy) is 1. The zero-order valence-electron chi connectivity index (χ0n) is 11.1. The summed E-state index contributed by atoms with van der Waals surface area (Å²) >= 11 is 5.84. The molecule has 0 aromatic heterocycles. The molecule has 0 bridgehead atoms. The van der Waals surface area contributed by atoms with Gasteiger partial charge in [0.15, 0.2) is 5.92 Å². The normalized spacial score (nSPS) is 10.3. The first-order chi connectivity index (χ1) is 10.2. The molecule has 118 valence electrons. The molecule has 10 heteroatoms. The Balaban J connectivity index is 3.41. The molecule has 0 aliphatic carbocycles. The number of esters is 1. The number of nitro benzene ring substituents is 1. The van der Waals surface area contributed by atoms with Gasteiger partial charge in [-0.15, -0.1) is 0 Å². The van der Waals surface area contributed by atoms with Crippen molar-refractivity contribution in [3.05, 3.63) is 38.4 Å². The van der Waals surface area contributed by atoms with Crippen LogP contribution in [0.1, 0.15) is 15.9 Å². The molecule has 0 fully saturated rings. The number of halogens is 1. The van der Waals surface area contributed by atoms with E-state index >= 15 is 0 Å². The standard InChI is InChI=1S/C12H10ClNO8/c1-22-12(19)5-2-8(13)6(9(3-5)14(20)21)4-7(10(15)16)11(17)18/h2-3,7H,4H2,1H3,(H,15,16)(H,17,18). The summed E-state index contributed by atoms with van der Waals surface area (Å²) in [5.74, 6) is -6.09. The summed E-state index contributed by atoms with van der Waals surface area (Å²) in [4.78, 5) is 43.4. The highest BCUT2D eigenvalue weighted by Crippen LogP contribution is 2.31. The van der Waals surface area contributed by atoms with Gasteiger partial charge in [-0.25, -0.2) is 4.79 Å². The minimum absolute atomic E-state index is 0.204. The highest BCUT2D eigenvalue weighted by molar-refractivity contribution is 6.32. The van der Waals surface area contributed by atoms with E-state index in [4.69, 9.17) is 21.8 Å². The van der Waals surface area contributed by atoms with Crippen molar-refractivity contribution in [1.82, 2.24) is 0 Å². The van der Waals surface area contributed by atoms with Gasteiger partial charge in [-0.3, -0.25) is 19.7 Å². The van der Waals surface area contributed by atoms with E-state index in [1.54, 1.807) is 0 Å². The van der Waals surface area contributed by atoms with E-state index in [1.165, 1.54) is 0 Å². The van der Waals surface area contributed by atoms with Crippen LogP contribution < -0.4 is 0 Å². The van der Waals surface area contributed by atoms with E-state index in [2.05, 4.69) is 4.74 Å². The number of hydrogen-bond acceptors (Lipinski definition) is 6. The molecule has 0 saturated heterocycles. The van der Waals surface area contributed by atoms with E-state index in [1.807, 2.05) is 0 Å². The Hall–Kier alpha value is -2.68. The molecule has 0 atom stereocenters. The van der Waals surface area contributed by atoms with Gasteiger partial charge < -0.3 is 14.9 Å². The van der Waals surface area contributed by atoms with Gasteiger partial charge in [0.05, 0.1) is 22.6 Å². The number of nitrogens with zero attached hydrogens (tertiary/aromatic N) is 1. The second-order valence-electron chi connectivity index (χ2n) is 4.14. The largest absolute Gasteiger partial charge is 0.481 e. The molecule has 0 heterocycles. The first kappa shape index (κ1) is 17.4. The molecule has 9 nitrogen and oxygen atoms in total. The topological polar surface area (TPSA) is 144 Å². The number of methoxy groups -OCH3 is 1. The van der Waals surface area contributed by atoms with Gasteiger partial charge in [-0.05, 0) is 6.07 Å². The van der Waals surface area contributed by atoms with E-state index in [-0.39, 0.29) is 16.1 Å². The molecular formula is C12H10ClNO8. The van der Waals surface area contributed by atoms with Crippen molar-refractivity contribution in [3.8, 4) is 0 Å². The fourth-order valence-electron chi connectivity index (χ4n) is 1.71. The van der Waals surface area contributed by atoms with Crippen LogP contribution in [-0.4, -0.2) is 40.2 Å². The van der Waals surface area contributed by atoms with Gasteiger partial charge in [-0.2, -0.15) is 0 Å². The second kappa shape index (κ2) is 6.85. The molecule has 0 amide bonds. The zero-order valence-corrected chi connectivity index (χ0v) is 11.9. The lowest BCUT2D eigenvalue weighted by Gasteiger charge is -2.11. The molecule has 0 radical (unpaired) electrons. The van der Waals surface area contributed by atoms with Crippen LogP contribution in [0.3, 0.4) is 0 Å². The number of nitro groups is 1. The molecule has 1 aromatic carbocycles. The third-order valence-electron chi connectivity index (χ3n) is 2.79. The summed E-state index contributed by atoms with van der Waals surface area (Å²) < 4.78 is 4.42. The minimum Gasteiger partial charge on any atom is -0.481 e. The van der Waals surface area contributed by atoms with Gasteiger partial charge >= 0.3 is 17.9 Å². The lowest BCUT2D eigenvalue weighted by atomic mass is 9.97. The number of carboxylic acid groups (broad SMARTS) is 2. The third-order valence-corrected chi connectivity index (χ3v) is 3.13. The first-order valence-electron chi connectivity index (χ1n) is 5.69. The lowest BCUT2D eigenvalue weighted by molar-refractivity contribution is -0.385. The van der Waals surface area contributed by atoms with Crippen molar-refractivity contribution in [1.29, 1.82) is 0 Å². The quantitative estimate of drug-likeness (QED) is 0.344. The number of carbonyl (C=O) groups excluding carboxylic acids is 1. The summed E-state index contributed by atoms with van der Waals surface area (Å²) in [5.41, 5.74) is -1.14. The SMILES string of the molecule is COC(=O)c1cc(Cl)c(CC(C(=O)O)C(=O)O)c([N+](=O)[O-])c1. The highest BCUT2D eigenvalue weighted by atomic mass is 35.5. The Labute approximate surface area is 128 Å². The summed E-state index contributed by atoms with van der Waals surface area (Å²) in [6.07, 6.45) is -0.693. The van der Waals surface area contributed by atoms with E-state index < -0.39 is 40.9 Å². The number of carboxylic acids is 2. The van der Waals surface area contributed by atoms with Crippen molar-refractivity contribution in [3.63, 3.8) is 0 Å². The van der Waals surface area contributed by atoms with Crippen LogP contribution >= 0.6 is 11.6 Å². The molecule has 0 saturated carbocycles. The fraction of sp³-hybridized carbons (Fsp3) is 0.250. The molecule has 0 spiro atoms. The Morgan fingerprint density at radius 3 is 2.27 bits per heavy atom. The molecule has 0 unspecified atom stereocenters. The predicted octanol–water partition coefficient (Wildman–Crippen LogP) is 1.36. The number of hydrogen-bond donors (Lipinski definition) is 2. The van der Waals surface area contributed by atoms with Crippen LogP contribution in [0.25, 0.3) is 0 Å². The average molecular weight is 332 g/mol. The zero-order chi connectivity index (χ0) is 17.0. The monoisotopic (exact) mass is 331 g/mol. The summed E-state index contributed by atoms with van der Waals surface area (Å²) in [5, 5.41) is 28.4. The van der Waals surface area contributed by atoms with Crippen molar-refractivity contribution in [2.45, 2.75) is 6.42 Å². The smallest absolute Gasteiger partial charge is 0.338 e. The number of aliphatic carboxylic acids is 2. The van der Waals surface area contributed by atoms with Crippen molar-refractivity contribution < 1.29 is 34.3 Å².